The van der Waals surface area contributed by atoms with Gasteiger partial charge in [0.2, 0.25) is 0 Å². The van der Waals surface area contributed by atoms with Gasteiger partial charge in [0.25, 0.3) is 0 Å². The summed E-state index contributed by atoms with van der Waals surface area (Å²) in [5.41, 5.74) is 10.8. The SMILES string of the molecule is CCC(O)CN(CCN)CCN. The van der Waals surface area contributed by atoms with Crippen LogP contribution in [0.1, 0.15) is 13.3 Å². The first kappa shape index (κ1) is 11.8. The third kappa shape index (κ3) is 5.49. The second-order valence-electron chi connectivity index (χ2n) is 2.94. The molecule has 0 aromatic carbocycles. The van der Waals surface area contributed by atoms with Gasteiger partial charge in [0, 0.05) is 32.7 Å². The van der Waals surface area contributed by atoms with Crippen LogP contribution in [0.2, 0.25) is 0 Å². The second-order valence-corrected chi connectivity index (χ2v) is 2.94. The van der Waals surface area contributed by atoms with Crippen molar-refractivity contribution in [1.82, 2.24) is 4.90 Å². The molecule has 0 spiro atoms. The molecule has 0 aliphatic rings. The second kappa shape index (κ2) is 7.49. The van der Waals surface area contributed by atoms with Crippen LogP contribution >= 0.6 is 0 Å². The van der Waals surface area contributed by atoms with E-state index in [0.717, 1.165) is 19.5 Å². The summed E-state index contributed by atoms with van der Waals surface area (Å²) in [6.07, 6.45) is 0.536. The molecule has 0 aliphatic carbocycles. The summed E-state index contributed by atoms with van der Waals surface area (Å²) in [4.78, 5) is 2.09. The van der Waals surface area contributed by atoms with Crippen molar-refractivity contribution < 1.29 is 5.11 Å². The van der Waals surface area contributed by atoms with E-state index in [1.54, 1.807) is 0 Å². The topological polar surface area (TPSA) is 75.5 Å². The molecule has 0 saturated heterocycles. The molecular formula is C8H21N3O. The van der Waals surface area contributed by atoms with Crippen molar-refractivity contribution in [2.75, 3.05) is 32.7 Å². The molecule has 0 fully saturated rings. The maximum Gasteiger partial charge on any atom is 0.0664 e. The fourth-order valence-electron chi connectivity index (χ4n) is 1.09. The van der Waals surface area contributed by atoms with E-state index < -0.39 is 0 Å². The molecule has 0 rings (SSSR count). The fourth-order valence-corrected chi connectivity index (χ4v) is 1.09. The molecular weight excluding hydrogens is 154 g/mol. The molecule has 1 atom stereocenters. The van der Waals surface area contributed by atoms with Gasteiger partial charge in [-0.15, -0.1) is 0 Å². The van der Waals surface area contributed by atoms with E-state index in [4.69, 9.17) is 11.5 Å². The summed E-state index contributed by atoms with van der Waals surface area (Å²) < 4.78 is 0. The molecule has 0 aromatic rings. The molecule has 0 aliphatic heterocycles. The van der Waals surface area contributed by atoms with Gasteiger partial charge in [0.05, 0.1) is 6.10 Å². The van der Waals surface area contributed by atoms with Gasteiger partial charge in [0.15, 0.2) is 0 Å². The fraction of sp³-hybridized carbons (Fsp3) is 1.00. The van der Waals surface area contributed by atoms with Crippen molar-refractivity contribution in [3.63, 3.8) is 0 Å². The first-order valence-electron chi connectivity index (χ1n) is 4.55. The first-order chi connectivity index (χ1) is 5.74. The molecule has 0 radical (unpaired) electrons. The Kier molecular flexibility index (Phi) is 7.39. The molecule has 0 saturated carbocycles. The van der Waals surface area contributed by atoms with E-state index in [1.165, 1.54) is 0 Å². The minimum atomic E-state index is -0.247. The lowest BCUT2D eigenvalue weighted by atomic mass is 10.2. The highest BCUT2D eigenvalue weighted by atomic mass is 16.3. The third-order valence-electron chi connectivity index (χ3n) is 1.83. The average Bonchev–Trinajstić information content (AvgIpc) is 2.05. The zero-order valence-electron chi connectivity index (χ0n) is 7.87. The van der Waals surface area contributed by atoms with Gasteiger partial charge < -0.3 is 16.6 Å². The van der Waals surface area contributed by atoms with Gasteiger partial charge in [-0.25, -0.2) is 0 Å². The Balaban J connectivity index is 3.61. The zero-order valence-corrected chi connectivity index (χ0v) is 7.87. The summed E-state index contributed by atoms with van der Waals surface area (Å²) in [6, 6.07) is 0. The van der Waals surface area contributed by atoms with Crippen molar-refractivity contribution in [3.05, 3.63) is 0 Å². The van der Waals surface area contributed by atoms with Crippen LogP contribution < -0.4 is 11.5 Å². The normalized spacial score (nSPS) is 13.8. The molecule has 0 amide bonds. The Labute approximate surface area is 74.5 Å². The quantitative estimate of drug-likeness (QED) is 0.463. The van der Waals surface area contributed by atoms with E-state index in [0.29, 0.717) is 19.6 Å². The van der Waals surface area contributed by atoms with E-state index in [9.17, 15) is 5.11 Å². The number of nitrogens with zero attached hydrogens (tertiary/aromatic N) is 1. The molecule has 12 heavy (non-hydrogen) atoms. The Bertz CT molecular complexity index is 94.3. The van der Waals surface area contributed by atoms with E-state index >= 15 is 0 Å². The van der Waals surface area contributed by atoms with Gasteiger partial charge in [-0.3, -0.25) is 4.90 Å². The average molecular weight is 175 g/mol. The first-order valence-corrected chi connectivity index (χ1v) is 4.55. The predicted octanol–water partition coefficient (Wildman–Crippen LogP) is -1.02. The largest absolute Gasteiger partial charge is 0.392 e. The van der Waals surface area contributed by atoms with Crippen molar-refractivity contribution in [3.8, 4) is 0 Å². The zero-order chi connectivity index (χ0) is 9.40. The van der Waals surface area contributed by atoms with Gasteiger partial charge in [0.1, 0.15) is 0 Å². The Morgan fingerprint density at radius 2 is 1.75 bits per heavy atom. The van der Waals surface area contributed by atoms with Crippen LogP contribution in [0.15, 0.2) is 0 Å². The molecule has 0 bridgehead atoms. The monoisotopic (exact) mass is 175 g/mol. The highest BCUT2D eigenvalue weighted by Gasteiger charge is 2.07. The number of hydrogen-bond donors (Lipinski definition) is 3. The molecule has 0 heterocycles. The van der Waals surface area contributed by atoms with Crippen LogP contribution in [0.5, 0.6) is 0 Å². The lowest BCUT2D eigenvalue weighted by molar-refractivity contribution is 0.112. The van der Waals surface area contributed by atoms with Gasteiger partial charge >= 0.3 is 0 Å². The van der Waals surface area contributed by atoms with Crippen LogP contribution in [0.25, 0.3) is 0 Å². The minimum Gasteiger partial charge on any atom is -0.392 e. The van der Waals surface area contributed by atoms with E-state index in [1.807, 2.05) is 6.92 Å². The van der Waals surface area contributed by atoms with Crippen molar-refractivity contribution in [2.45, 2.75) is 19.4 Å². The summed E-state index contributed by atoms with van der Waals surface area (Å²) in [7, 11) is 0. The van der Waals surface area contributed by atoms with Gasteiger partial charge in [-0.2, -0.15) is 0 Å². The van der Waals surface area contributed by atoms with Crippen LogP contribution in [0.3, 0.4) is 0 Å². The third-order valence-corrected chi connectivity index (χ3v) is 1.83. The highest BCUT2D eigenvalue weighted by molar-refractivity contribution is 4.64. The van der Waals surface area contributed by atoms with E-state index in [-0.39, 0.29) is 6.10 Å². The van der Waals surface area contributed by atoms with Crippen molar-refractivity contribution in [1.29, 1.82) is 0 Å². The highest BCUT2D eigenvalue weighted by Crippen LogP contribution is 1.94. The summed E-state index contributed by atoms with van der Waals surface area (Å²) in [5.74, 6) is 0. The summed E-state index contributed by atoms with van der Waals surface area (Å²) in [5, 5.41) is 9.36. The number of aliphatic hydroxyl groups excluding tert-OH is 1. The van der Waals surface area contributed by atoms with Crippen LogP contribution in [0, 0.1) is 0 Å². The van der Waals surface area contributed by atoms with Crippen molar-refractivity contribution in [2.24, 2.45) is 11.5 Å². The molecule has 0 aromatic heterocycles. The maximum atomic E-state index is 9.36. The number of nitrogens with two attached hydrogens (primary N) is 2. The molecule has 4 heteroatoms. The van der Waals surface area contributed by atoms with Crippen LogP contribution in [0.4, 0.5) is 0 Å². The molecule has 74 valence electrons. The Morgan fingerprint density at radius 1 is 1.25 bits per heavy atom. The minimum absolute atomic E-state index is 0.247. The lowest BCUT2D eigenvalue weighted by Crippen LogP contribution is -2.38. The van der Waals surface area contributed by atoms with Crippen LogP contribution in [-0.2, 0) is 0 Å². The smallest absolute Gasteiger partial charge is 0.0664 e. The predicted molar refractivity (Wildman–Crippen MR) is 50.8 cm³/mol. The van der Waals surface area contributed by atoms with Crippen molar-refractivity contribution >= 4 is 0 Å². The van der Waals surface area contributed by atoms with Crippen LogP contribution in [-0.4, -0.2) is 48.8 Å². The lowest BCUT2D eigenvalue weighted by Gasteiger charge is -2.23. The van der Waals surface area contributed by atoms with Gasteiger partial charge in [-0.1, -0.05) is 6.92 Å². The summed E-state index contributed by atoms with van der Waals surface area (Å²) in [6.45, 7) is 5.52. The summed E-state index contributed by atoms with van der Waals surface area (Å²) >= 11 is 0. The Morgan fingerprint density at radius 3 is 2.08 bits per heavy atom. The van der Waals surface area contributed by atoms with Gasteiger partial charge in [-0.05, 0) is 6.42 Å². The molecule has 5 N–H and O–H groups in total. The molecule has 4 nitrogen and oxygen atoms in total. The van der Waals surface area contributed by atoms with E-state index in [2.05, 4.69) is 4.90 Å². The maximum absolute atomic E-state index is 9.36. The standard InChI is InChI=1S/C8H21N3O/c1-2-8(12)7-11(5-3-9)6-4-10/h8,12H,2-7,9-10H2,1H3. The Hall–Kier alpha value is -0.160. The number of aliphatic hydroxyl groups is 1. The number of rotatable bonds is 7. The number of hydrogen-bond acceptors (Lipinski definition) is 4. The molecule has 1 unspecified atom stereocenters.